The SMILES string of the molecule is CCN(Cc1ccccc1Cl)C(=O)c1ccc(I)c(Cl)c1. The number of hydrogen-bond acceptors (Lipinski definition) is 1. The van der Waals surface area contributed by atoms with Gasteiger partial charge in [0.1, 0.15) is 0 Å². The minimum absolute atomic E-state index is 0.0456. The van der Waals surface area contributed by atoms with Crippen LogP contribution in [0, 0.1) is 3.57 Å². The van der Waals surface area contributed by atoms with Crippen molar-refractivity contribution in [2.75, 3.05) is 6.54 Å². The fraction of sp³-hybridized carbons (Fsp3) is 0.188. The lowest BCUT2D eigenvalue weighted by atomic mass is 10.1. The highest BCUT2D eigenvalue weighted by atomic mass is 127. The average Bonchev–Trinajstić information content (AvgIpc) is 2.48. The van der Waals surface area contributed by atoms with Crippen LogP contribution in [-0.4, -0.2) is 17.4 Å². The molecule has 2 aromatic carbocycles. The van der Waals surface area contributed by atoms with E-state index in [-0.39, 0.29) is 5.91 Å². The molecule has 0 radical (unpaired) electrons. The first-order chi connectivity index (χ1) is 10.0. The number of benzene rings is 2. The molecule has 110 valence electrons. The van der Waals surface area contributed by atoms with Crippen LogP contribution in [0.4, 0.5) is 0 Å². The maximum atomic E-state index is 12.6. The Labute approximate surface area is 148 Å². The summed E-state index contributed by atoms with van der Waals surface area (Å²) in [5, 5.41) is 1.26. The Morgan fingerprint density at radius 2 is 1.86 bits per heavy atom. The molecule has 0 aliphatic heterocycles. The molecular weight excluding hydrogens is 420 g/mol. The van der Waals surface area contributed by atoms with Gasteiger partial charge in [-0.2, -0.15) is 0 Å². The van der Waals surface area contributed by atoms with E-state index in [1.807, 2.05) is 37.3 Å². The van der Waals surface area contributed by atoms with Gasteiger partial charge in [0.25, 0.3) is 5.91 Å². The second-order valence-corrected chi connectivity index (χ2v) is 6.52. The summed E-state index contributed by atoms with van der Waals surface area (Å²) in [6.07, 6.45) is 0. The van der Waals surface area contributed by atoms with Gasteiger partial charge in [-0.1, -0.05) is 41.4 Å². The third kappa shape index (κ3) is 4.11. The van der Waals surface area contributed by atoms with Gasteiger partial charge in [0.15, 0.2) is 0 Å². The van der Waals surface area contributed by atoms with Gasteiger partial charge in [0.05, 0.1) is 5.02 Å². The number of hydrogen-bond donors (Lipinski definition) is 0. The zero-order valence-corrected chi connectivity index (χ0v) is 15.1. The van der Waals surface area contributed by atoms with E-state index in [1.54, 1.807) is 17.0 Å². The van der Waals surface area contributed by atoms with Gasteiger partial charge in [0.2, 0.25) is 0 Å². The van der Waals surface area contributed by atoms with Crippen molar-refractivity contribution in [3.8, 4) is 0 Å². The summed E-state index contributed by atoms with van der Waals surface area (Å²) in [5.41, 5.74) is 1.53. The predicted molar refractivity (Wildman–Crippen MR) is 96.0 cm³/mol. The van der Waals surface area contributed by atoms with Crippen molar-refractivity contribution in [3.05, 3.63) is 67.2 Å². The molecule has 0 N–H and O–H groups in total. The van der Waals surface area contributed by atoms with E-state index in [0.717, 1.165) is 9.13 Å². The molecule has 0 spiro atoms. The van der Waals surface area contributed by atoms with Crippen molar-refractivity contribution < 1.29 is 4.79 Å². The van der Waals surface area contributed by atoms with Crippen LogP contribution in [0.1, 0.15) is 22.8 Å². The maximum Gasteiger partial charge on any atom is 0.254 e. The highest BCUT2D eigenvalue weighted by Crippen LogP contribution is 2.22. The number of carbonyl (C=O) groups is 1. The van der Waals surface area contributed by atoms with Crippen molar-refractivity contribution in [1.29, 1.82) is 0 Å². The lowest BCUT2D eigenvalue weighted by molar-refractivity contribution is 0.0752. The molecule has 0 fully saturated rings. The molecule has 2 aromatic rings. The van der Waals surface area contributed by atoms with Gasteiger partial charge in [-0.25, -0.2) is 0 Å². The van der Waals surface area contributed by atoms with Gasteiger partial charge >= 0.3 is 0 Å². The summed E-state index contributed by atoms with van der Waals surface area (Å²) in [4.78, 5) is 14.3. The van der Waals surface area contributed by atoms with Gasteiger partial charge in [0, 0.05) is 27.2 Å². The molecule has 0 unspecified atom stereocenters. The van der Waals surface area contributed by atoms with Gasteiger partial charge < -0.3 is 4.90 Å². The fourth-order valence-corrected chi connectivity index (χ4v) is 2.68. The van der Waals surface area contributed by atoms with E-state index in [2.05, 4.69) is 22.6 Å². The Morgan fingerprint density at radius 3 is 2.48 bits per heavy atom. The van der Waals surface area contributed by atoms with E-state index in [9.17, 15) is 4.79 Å². The molecule has 2 rings (SSSR count). The monoisotopic (exact) mass is 433 g/mol. The number of nitrogens with zero attached hydrogens (tertiary/aromatic N) is 1. The fourth-order valence-electron chi connectivity index (χ4n) is 1.97. The molecule has 0 aliphatic carbocycles. The zero-order chi connectivity index (χ0) is 15.4. The molecule has 5 heteroatoms. The first-order valence-electron chi connectivity index (χ1n) is 6.50. The summed E-state index contributed by atoms with van der Waals surface area (Å²) in [7, 11) is 0. The molecule has 2 nitrogen and oxygen atoms in total. The van der Waals surface area contributed by atoms with Crippen LogP contribution in [0.5, 0.6) is 0 Å². The number of rotatable bonds is 4. The van der Waals surface area contributed by atoms with Gasteiger partial charge in [-0.3, -0.25) is 4.79 Å². The first kappa shape index (κ1) is 16.6. The standard InChI is InChI=1S/C16H14Cl2INO/c1-2-20(10-12-5-3-4-6-13(12)17)16(21)11-7-8-15(19)14(18)9-11/h3-9H,2,10H2,1H3. The van der Waals surface area contributed by atoms with Crippen molar-refractivity contribution in [3.63, 3.8) is 0 Å². The van der Waals surface area contributed by atoms with Gasteiger partial charge in [-0.15, -0.1) is 0 Å². The number of carbonyl (C=O) groups excluding carboxylic acids is 1. The predicted octanol–water partition coefficient (Wildman–Crippen LogP) is 5.26. The first-order valence-corrected chi connectivity index (χ1v) is 8.34. The topological polar surface area (TPSA) is 20.3 Å². The smallest absolute Gasteiger partial charge is 0.254 e. The molecule has 0 aliphatic rings. The summed E-state index contributed by atoms with van der Waals surface area (Å²) < 4.78 is 0.931. The Kier molecular flexibility index (Phi) is 5.90. The molecule has 0 heterocycles. The Bertz CT molecular complexity index is 660. The molecule has 0 aromatic heterocycles. The van der Waals surface area contributed by atoms with Crippen LogP contribution in [0.25, 0.3) is 0 Å². The molecule has 1 amide bonds. The summed E-state index contributed by atoms with van der Waals surface area (Å²) in [6.45, 7) is 3.04. The van der Waals surface area contributed by atoms with E-state index >= 15 is 0 Å². The average molecular weight is 434 g/mol. The van der Waals surface area contributed by atoms with E-state index in [1.165, 1.54) is 0 Å². The molecule has 0 saturated heterocycles. The van der Waals surface area contributed by atoms with Crippen LogP contribution < -0.4 is 0 Å². The highest BCUT2D eigenvalue weighted by molar-refractivity contribution is 14.1. The van der Waals surface area contributed by atoms with Crippen LogP contribution in [0.2, 0.25) is 10.0 Å². The van der Waals surface area contributed by atoms with E-state index in [4.69, 9.17) is 23.2 Å². The van der Waals surface area contributed by atoms with Crippen molar-refractivity contribution in [1.82, 2.24) is 4.90 Å². The Hall–Kier alpha value is -0.780. The highest BCUT2D eigenvalue weighted by Gasteiger charge is 2.16. The second kappa shape index (κ2) is 7.47. The van der Waals surface area contributed by atoms with Crippen molar-refractivity contribution in [2.24, 2.45) is 0 Å². The molecule has 0 atom stereocenters. The van der Waals surface area contributed by atoms with Crippen LogP contribution in [-0.2, 0) is 6.54 Å². The van der Waals surface area contributed by atoms with E-state index < -0.39 is 0 Å². The molecular formula is C16H14Cl2INO. The minimum atomic E-state index is -0.0456. The number of halogens is 3. The largest absolute Gasteiger partial charge is 0.335 e. The zero-order valence-electron chi connectivity index (χ0n) is 11.4. The lowest BCUT2D eigenvalue weighted by Crippen LogP contribution is -2.30. The molecule has 0 saturated carbocycles. The van der Waals surface area contributed by atoms with Crippen LogP contribution in [0.15, 0.2) is 42.5 Å². The third-order valence-electron chi connectivity index (χ3n) is 3.15. The molecule has 21 heavy (non-hydrogen) atoms. The lowest BCUT2D eigenvalue weighted by Gasteiger charge is -2.22. The maximum absolute atomic E-state index is 12.6. The quantitative estimate of drug-likeness (QED) is 0.602. The Morgan fingerprint density at radius 1 is 1.14 bits per heavy atom. The van der Waals surface area contributed by atoms with Gasteiger partial charge in [-0.05, 0) is 59.3 Å². The Balaban J connectivity index is 2.22. The second-order valence-electron chi connectivity index (χ2n) is 4.54. The summed E-state index contributed by atoms with van der Waals surface area (Å²) >= 11 is 14.4. The van der Waals surface area contributed by atoms with Crippen LogP contribution >= 0.6 is 45.8 Å². The van der Waals surface area contributed by atoms with Crippen LogP contribution in [0.3, 0.4) is 0 Å². The normalized spacial score (nSPS) is 10.5. The minimum Gasteiger partial charge on any atom is -0.335 e. The van der Waals surface area contributed by atoms with Crippen molar-refractivity contribution >= 4 is 51.7 Å². The summed E-state index contributed by atoms with van der Waals surface area (Å²) in [6, 6.07) is 12.9. The summed E-state index contributed by atoms with van der Waals surface area (Å²) in [5.74, 6) is -0.0456. The third-order valence-corrected chi connectivity index (χ3v) is 5.10. The molecule has 0 bridgehead atoms. The van der Waals surface area contributed by atoms with E-state index in [0.29, 0.717) is 28.7 Å². The van der Waals surface area contributed by atoms with Crippen molar-refractivity contribution in [2.45, 2.75) is 13.5 Å². The number of amides is 1.